The van der Waals surface area contributed by atoms with E-state index in [0.29, 0.717) is 6.42 Å². The van der Waals surface area contributed by atoms with Gasteiger partial charge in [-0.1, -0.05) is 18.2 Å². The standard InChI is InChI=1S/C28H28N6O/c1-33(2)26-11-9-25(10-12-26)31-30-24-7-4-22(5-8-24)20-29-32-28-19-27(35)13-6-23(28)18-21-14-16-34(3)17-15-21/h4-17,20H,18-19H2,1-3H3/p+1. The molecule has 1 aliphatic carbocycles. The van der Waals surface area contributed by atoms with Crippen LogP contribution in [0.25, 0.3) is 0 Å². The van der Waals surface area contributed by atoms with Crippen LogP contribution in [0.15, 0.2) is 112 Å². The molecule has 7 heteroatoms. The Bertz CT molecular complexity index is 1280. The van der Waals surface area contributed by atoms with Crippen LogP contribution in [0.5, 0.6) is 0 Å². The van der Waals surface area contributed by atoms with Crippen LogP contribution in [0.3, 0.4) is 0 Å². The molecule has 0 fully saturated rings. The molecule has 0 atom stereocenters. The quantitative estimate of drug-likeness (QED) is 0.222. The van der Waals surface area contributed by atoms with Crippen molar-refractivity contribution in [1.82, 2.24) is 5.43 Å². The van der Waals surface area contributed by atoms with Gasteiger partial charge in [-0.15, -0.1) is 0 Å². The zero-order chi connectivity index (χ0) is 24.6. The molecule has 0 saturated heterocycles. The van der Waals surface area contributed by atoms with Crippen molar-refractivity contribution < 1.29 is 9.36 Å². The highest BCUT2D eigenvalue weighted by atomic mass is 16.1. The summed E-state index contributed by atoms with van der Waals surface area (Å²) in [4.78, 5) is 14.0. The topological polar surface area (TPSA) is 73.3 Å². The van der Waals surface area contributed by atoms with Crippen LogP contribution in [0.4, 0.5) is 17.1 Å². The summed E-state index contributed by atoms with van der Waals surface area (Å²) in [5.74, 6) is 0.0666. The number of carbonyl (C=O) groups excluding carboxylic acids is 1. The number of azo groups is 1. The Morgan fingerprint density at radius 1 is 0.914 bits per heavy atom. The smallest absolute Gasteiger partial charge is 0.168 e. The minimum atomic E-state index is 0.0666. The van der Waals surface area contributed by atoms with Crippen molar-refractivity contribution in [3.8, 4) is 0 Å². The van der Waals surface area contributed by atoms with Gasteiger partial charge in [0.25, 0.3) is 0 Å². The first-order valence-corrected chi connectivity index (χ1v) is 11.4. The molecule has 1 aliphatic rings. The number of aromatic nitrogens is 1. The van der Waals surface area contributed by atoms with Crippen LogP contribution in [0, 0.1) is 0 Å². The zero-order valence-corrected chi connectivity index (χ0v) is 20.2. The molecule has 2 aromatic carbocycles. The molecule has 1 aromatic heterocycles. The number of aryl methyl sites for hydroxylation is 1. The molecule has 0 bridgehead atoms. The maximum atomic E-state index is 12.0. The first-order valence-electron chi connectivity index (χ1n) is 11.4. The molecule has 0 amide bonds. The Kier molecular flexibility index (Phi) is 7.57. The van der Waals surface area contributed by atoms with Gasteiger partial charge in [-0.3, -0.25) is 10.2 Å². The van der Waals surface area contributed by atoms with Gasteiger partial charge in [0.1, 0.15) is 7.05 Å². The predicted molar refractivity (Wildman–Crippen MR) is 139 cm³/mol. The van der Waals surface area contributed by atoms with E-state index >= 15 is 0 Å². The van der Waals surface area contributed by atoms with Gasteiger partial charge in [-0.05, 0) is 65.6 Å². The van der Waals surface area contributed by atoms with Gasteiger partial charge in [-0.2, -0.15) is 15.3 Å². The Labute approximate surface area is 205 Å². The summed E-state index contributed by atoms with van der Waals surface area (Å²) < 4.78 is 2.00. The summed E-state index contributed by atoms with van der Waals surface area (Å²) in [5, 5.41) is 13.0. The van der Waals surface area contributed by atoms with E-state index in [0.717, 1.165) is 40.3 Å². The van der Waals surface area contributed by atoms with Crippen molar-refractivity contribution in [3.05, 3.63) is 108 Å². The second kappa shape index (κ2) is 11.2. The lowest BCUT2D eigenvalue weighted by atomic mass is 9.97. The Hall–Kier alpha value is -4.39. The number of carbonyl (C=O) groups is 1. The van der Waals surface area contributed by atoms with E-state index in [1.807, 2.05) is 97.6 Å². The Morgan fingerprint density at radius 3 is 2.17 bits per heavy atom. The Balaban J connectivity index is 1.38. The van der Waals surface area contributed by atoms with E-state index in [1.54, 1.807) is 12.3 Å². The number of allylic oxidation sites excluding steroid dienone is 4. The lowest BCUT2D eigenvalue weighted by molar-refractivity contribution is -0.671. The van der Waals surface area contributed by atoms with E-state index in [-0.39, 0.29) is 5.78 Å². The monoisotopic (exact) mass is 465 g/mol. The highest BCUT2D eigenvalue weighted by molar-refractivity contribution is 5.93. The second-order valence-electron chi connectivity index (χ2n) is 8.60. The minimum Gasteiger partial charge on any atom is -0.378 e. The van der Waals surface area contributed by atoms with Crippen LogP contribution in [-0.2, 0) is 18.3 Å². The number of rotatable bonds is 8. The number of anilines is 1. The van der Waals surface area contributed by atoms with E-state index in [1.165, 1.54) is 5.56 Å². The van der Waals surface area contributed by atoms with Crippen molar-refractivity contribution in [2.24, 2.45) is 22.4 Å². The first kappa shape index (κ1) is 23.8. The third-order valence-electron chi connectivity index (χ3n) is 5.60. The molecule has 0 saturated carbocycles. The Morgan fingerprint density at radius 2 is 1.54 bits per heavy atom. The molecule has 4 rings (SSSR count). The van der Waals surface area contributed by atoms with Gasteiger partial charge in [0, 0.05) is 37.6 Å². The number of nitrogens with one attached hydrogen (secondary N) is 1. The van der Waals surface area contributed by atoms with Gasteiger partial charge < -0.3 is 4.90 Å². The highest BCUT2D eigenvalue weighted by Crippen LogP contribution is 2.22. The van der Waals surface area contributed by atoms with Gasteiger partial charge in [0.05, 0.1) is 24.0 Å². The number of hydrazone groups is 1. The fourth-order valence-electron chi connectivity index (χ4n) is 3.53. The maximum absolute atomic E-state index is 12.0. The summed E-state index contributed by atoms with van der Waals surface area (Å²) in [6, 6.07) is 19.7. The van der Waals surface area contributed by atoms with E-state index < -0.39 is 0 Å². The first-order chi connectivity index (χ1) is 17.0. The summed E-state index contributed by atoms with van der Waals surface area (Å²) in [5.41, 5.74) is 9.75. The zero-order valence-electron chi connectivity index (χ0n) is 20.2. The summed E-state index contributed by atoms with van der Waals surface area (Å²) in [6.45, 7) is 0. The number of pyridine rings is 1. The van der Waals surface area contributed by atoms with Crippen molar-refractivity contribution in [2.75, 3.05) is 19.0 Å². The fraction of sp³-hybridized carbons (Fsp3) is 0.179. The van der Waals surface area contributed by atoms with Gasteiger partial charge >= 0.3 is 0 Å². The van der Waals surface area contributed by atoms with E-state index in [9.17, 15) is 4.79 Å². The molecular weight excluding hydrogens is 436 g/mol. The third kappa shape index (κ3) is 6.80. The predicted octanol–water partition coefficient (Wildman–Crippen LogP) is 4.94. The molecule has 0 aliphatic heterocycles. The van der Waals surface area contributed by atoms with Crippen molar-refractivity contribution in [2.45, 2.75) is 12.8 Å². The van der Waals surface area contributed by atoms with Crippen molar-refractivity contribution in [3.63, 3.8) is 0 Å². The van der Waals surface area contributed by atoms with Crippen LogP contribution in [0.2, 0.25) is 0 Å². The molecule has 0 spiro atoms. The number of nitrogens with zero attached hydrogens (tertiary/aromatic N) is 5. The molecule has 1 N–H and O–H groups in total. The SMILES string of the molecule is CN(C)c1ccc(N=Nc2ccc(/C=N/NC3=C(Cc4cc[n+](C)cc4)C=CC(=O)C3)cc2)cc1. The summed E-state index contributed by atoms with van der Waals surface area (Å²) in [7, 11) is 6.00. The number of hydrogen-bond acceptors (Lipinski definition) is 6. The maximum Gasteiger partial charge on any atom is 0.168 e. The van der Waals surface area contributed by atoms with Crippen LogP contribution in [-0.4, -0.2) is 26.1 Å². The number of ketones is 1. The molecule has 0 unspecified atom stereocenters. The molecule has 35 heavy (non-hydrogen) atoms. The molecular formula is C28H29N6O+. The third-order valence-corrected chi connectivity index (χ3v) is 5.60. The van der Waals surface area contributed by atoms with E-state index in [4.69, 9.17) is 0 Å². The summed E-state index contributed by atoms with van der Waals surface area (Å²) >= 11 is 0. The lowest BCUT2D eigenvalue weighted by Crippen LogP contribution is -2.26. The van der Waals surface area contributed by atoms with Crippen LogP contribution >= 0.6 is 0 Å². The average Bonchev–Trinajstić information content (AvgIpc) is 2.86. The molecule has 0 radical (unpaired) electrons. The fourth-order valence-corrected chi connectivity index (χ4v) is 3.53. The number of hydrogen-bond donors (Lipinski definition) is 1. The molecule has 3 aromatic rings. The number of benzene rings is 2. The van der Waals surface area contributed by atoms with Crippen molar-refractivity contribution in [1.29, 1.82) is 0 Å². The van der Waals surface area contributed by atoms with E-state index in [2.05, 4.69) is 32.9 Å². The average molecular weight is 466 g/mol. The highest BCUT2D eigenvalue weighted by Gasteiger charge is 2.14. The van der Waals surface area contributed by atoms with Crippen LogP contribution < -0.4 is 14.9 Å². The van der Waals surface area contributed by atoms with Gasteiger partial charge in [0.2, 0.25) is 0 Å². The largest absolute Gasteiger partial charge is 0.378 e. The second-order valence-corrected chi connectivity index (χ2v) is 8.60. The molecule has 7 nitrogen and oxygen atoms in total. The van der Waals surface area contributed by atoms with Gasteiger partial charge in [0.15, 0.2) is 18.2 Å². The molecule has 1 heterocycles. The minimum absolute atomic E-state index is 0.0666. The summed E-state index contributed by atoms with van der Waals surface area (Å²) in [6.07, 6.45) is 10.3. The lowest BCUT2D eigenvalue weighted by Gasteiger charge is -2.14. The molecule has 176 valence electrons. The normalized spacial score (nSPS) is 13.7. The van der Waals surface area contributed by atoms with Crippen molar-refractivity contribution >= 4 is 29.1 Å². The van der Waals surface area contributed by atoms with Crippen LogP contribution in [0.1, 0.15) is 17.5 Å². The van der Waals surface area contributed by atoms with Gasteiger partial charge in [-0.25, -0.2) is 4.57 Å².